The van der Waals surface area contributed by atoms with Gasteiger partial charge in [0.1, 0.15) is 6.33 Å². The van der Waals surface area contributed by atoms with Crippen LogP contribution in [-0.4, -0.2) is 57.7 Å². The first kappa shape index (κ1) is 13.7. The van der Waals surface area contributed by atoms with Crippen LogP contribution < -0.4 is 4.90 Å². The van der Waals surface area contributed by atoms with Crippen molar-refractivity contribution in [1.82, 2.24) is 24.5 Å². The van der Waals surface area contributed by atoms with Gasteiger partial charge in [-0.3, -0.25) is 0 Å². The first-order chi connectivity index (χ1) is 10.6. The summed E-state index contributed by atoms with van der Waals surface area (Å²) in [6, 6.07) is 3.24. The molecule has 4 rings (SSSR count). The van der Waals surface area contributed by atoms with Crippen LogP contribution in [0.2, 0.25) is 5.02 Å². The second-order valence-electron chi connectivity index (χ2n) is 5.45. The van der Waals surface area contributed by atoms with E-state index in [2.05, 4.69) is 31.9 Å². The maximum atomic E-state index is 14.4. The van der Waals surface area contributed by atoms with E-state index in [4.69, 9.17) is 11.6 Å². The maximum absolute atomic E-state index is 14.4. The average molecular weight is 321 g/mol. The monoisotopic (exact) mass is 320 g/mol. The van der Waals surface area contributed by atoms with Gasteiger partial charge in [-0.2, -0.15) is 9.61 Å². The predicted molar refractivity (Wildman–Crippen MR) is 83.0 cm³/mol. The number of halogens is 2. The van der Waals surface area contributed by atoms with Gasteiger partial charge in [-0.25, -0.2) is 14.4 Å². The van der Waals surface area contributed by atoms with E-state index in [0.29, 0.717) is 22.5 Å². The second-order valence-corrected chi connectivity index (χ2v) is 5.86. The lowest BCUT2D eigenvalue weighted by atomic mass is 10.2. The van der Waals surface area contributed by atoms with Crippen LogP contribution in [0.25, 0.3) is 16.6 Å². The molecule has 1 saturated heterocycles. The molecule has 0 atom stereocenters. The topological polar surface area (TPSA) is 49.6 Å². The Kier molecular flexibility index (Phi) is 3.12. The normalized spacial score (nSPS) is 16.8. The lowest BCUT2D eigenvalue weighted by Gasteiger charge is -2.33. The Hall–Kier alpha value is -1.99. The van der Waals surface area contributed by atoms with Gasteiger partial charge in [0.2, 0.25) is 5.95 Å². The number of piperazine rings is 1. The van der Waals surface area contributed by atoms with Gasteiger partial charge in [0, 0.05) is 26.2 Å². The number of aromatic nitrogens is 4. The number of anilines is 1. The molecule has 0 N–H and O–H groups in total. The van der Waals surface area contributed by atoms with Gasteiger partial charge in [-0.1, -0.05) is 11.6 Å². The van der Waals surface area contributed by atoms with Crippen molar-refractivity contribution in [3.63, 3.8) is 0 Å². The van der Waals surface area contributed by atoms with Gasteiger partial charge in [0.25, 0.3) is 0 Å². The first-order valence-electron chi connectivity index (χ1n) is 7.06. The molecule has 1 aliphatic rings. The van der Waals surface area contributed by atoms with Crippen LogP contribution in [0.3, 0.4) is 0 Å². The molecule has 0 spiro atoms. The van der Waals surface area contributed by atoms with Gasteiger partial charge in [0.15, 0.2) is 11.5 Å². The molecule has 0 radical (unpaired) electrons. The Morgan fingerprint density at radius 1 is 1.18 bits per heavy atom. The van der Waals surface area contributed by atoms with Crippen LogP contribution in [0.1, 0.15) is 0 Å². The molecule has 2 aromatic heterocycles. The van der Waals surface area contributed by atoms with Crippen molar-refractivity contribution in [1.29, 1.82) is 0 Å². The molecule has 1 aromatic carbocycles. The molecule has 0 aliphatic carbocycles. The van der Waals surface area contributed by atoms with Crippen LogP contribution >= 0.6 is 11.6 Å². The molecule has 0 bridgehead atoms. The van der Waals surface area contributed by atoms with Crippen molar-refractivity contribution in [3.05, 3.63) is 29.3 Å². The zero-order valence-corrected chi connectivity index (χ0v) is 12.8. The summed E-state index contributed by atoms with van der Waals surface area (Å²) in [5.74, 6) is 0.185. The van der Waals surface area contributed by atoms with Crippen LogP contribution in [0.4, 0.5) is 10.3 Å². The summed E-state index contributed by atoms with van der Waals surface area (Å²) >= 11 is 5.88. The molecule has 22 heavy (non-hydrogen) atoms. The Morgan fingerprint density at radius 2 is 1.95 bits per heavy atom. The van der Waals surface area contributed by atoms with Gasteiger partial charge >= 0.3 is 0 Å². The fraction of sp³-hybridized carbons (Fsp3) is 0.357. The average Bonchev–Trinajstić information content (AvgIpc) is 3.00. The number of hydrogen-bond acceptors (Lipinski definition) is 5. The van der Waals surface area contributed by atoms with Crippen molar-refractivity contribution >= 4 is 34.1 Å². The molecule has 3 aromatic rings. The lowest BCUT2D eigenvalue weighted by molar-refractivity contribution is 0.310. The summed E-state index contributed by atoms with van der Waals surface area (Å²) in [7, 11) is 2.09. The molecule has 6 nitrogen and oxygen atoms in total. The van der Waals surface area contributed by atoms with Crippen LogP contribution in [0.5, 0.6) is 0 Å². The minimum Gasteiger partial charge on any atom is -0.338 e. The highest BCUT2D eigenvalue weighted by Gasteiger charge is 2.22. The predicted octanol–water partition coefficient (Wildman–Crippen LogP) is 1.82. The molecule has 1 fully saturated rings. The quantitative estimate of drug-likeness (QED) is 0.684. The fourth-order valence-corrected chi connectivity index (χ4v) is 2.93. The molecule has 1 aliphatic heterocycles. The second kappa shape index (κ2) is 5.03. The summed E-state index contributed by atoms with van der Waals surface area (Å²) in [5, 5.41) is 4.58. The third-order valence-corrected chi connectivity index (χ3v) is 4.33. The highest BCUT2D eigenvalue weighted by atomic mass is 35.5. The molecule has 0 saturated carbocycles. The largest absolute Gasteiger partial charge is 0.338 e. The summed E-state index contributed by atoms with van der Waals surface area (Å²) in [5.41, 5.74) is 0.982. The SMILES string of the molecule is CN1CCN(c2nc3ccc(Cl)c(F)c3c3ncnn23)CC1. The molecule has 3 heterocycles. The maximum Gasteiger partial charge on any atom is 0.229 e. The molecular weight excluding hydrogens is 307 g/mol. The molecule has 0 amide bonds. The Labute approximate surface area is 131 Å². The lowest BCUT2D eigenvalue weighted by Crippen LogP contribution is -2.45. The minimum absolute atomic E-state index is 0.0616. The smallest absolute Gasteiger partial charge is 0.229 e. The third kappa shape index (κ3) is 2.00. The van der Waals surface area contributed by atoms with Crippen molar-refractivity contribution in [2.24, 2.45) is 0 Å². The van der Waals surface area contributed by atoms with Crippen molar-refractivity contribution in [3.8, 4) is 0 Å². The van der Waals surface area contributed by atoms with E-state index < -0.39 is 5.82 Å². The third-order valence-electron chi connectivity index (χ3n) is 4.04. The van der Waals surface area contributed by atoms with E-state index in [1.807, 2.05) is 0 Å². The highest BCUT2D eigenvalue weighted by molar-refractivity contribution is 6.31. The number of likely N-dealkylation sites (N-methyl/N-ethyl adjacent to an activating group) is 1. The van der Waals surface area contributed by atoms with Gasteiger partial charge in [0.05, 0.1) is 15.9 Å². The van der Waals surface area contributed by atoms with Crippen molar-refractivity contribution in [2.45, 2.75) is 0 Å². The summed E-state index contributed by atoms with van der Waals surface area (Å²) in [6.07, 6.45) is 1.41. The summed E-state index contributed by atoms with van der Waals surface area (Å²) < 4.78 is 15.9. The van der Waals surface area contributed by atoms with Crippen LogP contribution in [0, 0.1) is 5.82 Å². The highest BCUT2D eigenvalue weighted by Crippen LogP contribution is 2.28. The number of rotatable bonds is 1. The Morgan fingerprint density at radius 3 is 2.73 bits per heavy atom. The summed E-state index contributed by atoms with van der Waals surface area (Å²) in [6.45, 7) is 3.59. The number of nitrogens with zero attached hydrogens (tertiary/aromatic N) is 6. The Bertz CT molecular complexity index is 855. The molecule has 114 valence electrons. The van der Waals surface area contributed by atoms with E-state index in [0.717, 1.165) is 26.2 Å². The van der Waals surface area contributed by atoms with Gasteiger partial charge in [-0.15, -0.1) is 0 Å². The van der Waals surface area contributed by atoms with Gasteiger partial charge < -0.3 is 9.80 Å². The van der Waals surface area contributed by atoms with E-state index in [-0.39, 0.29) is 5.02 Å². The van der Waals surface area contributed by atoms with E-state index in [1.54, 1.807) is 10.6 Å². The standard InChI is InChI=1S/C14H14ClFN6/c1-20-4-6-21(7-5-20)14-19-10-3-2-9(15)12(16)11(10)13-17-8-18-22(13)14/h2-3,8H,4-7H2,1H3. The van der Waals surface area contributed by atoms with Crippen molar-refractivity contribution < 1.29 is 4.39 Å². The van der Waals surface area contributed by atoms with Crippen molar-refractivity contribution in [2.75, 3.05) is 38.1 Å². The number of fused-ring (bicyclic) bond motifs is 3. The molecule has 8 heteroatoms. The van der Waals surface area contributed by atoms with Crippen LogP contribution in [0.15, 0.2) is 18.5 Å². The zero-order valence-electron chi connectivity index (χ0n) is 12.0. The minimum atomic E-state index is -0.505. The van der Waals surface area contributed by atoms with Gasteiger partial charge in [-0.05, 0) is 19.2 Å². The van der Waals surface area contributed by atoms with Crippen LogP contribution in [-0.2, 0) is 0 Å². The number of benzene rings is 1. The van der Waals surface area contributed by atoms with E-state index in [1.165, 1.54) is 12.4 Å². The number of hydrogen-bond donors (Lipinski definition) is 0. The fourth-order valence-electron chi connectivity index (χ4n) is 2.77. The first-order valence-corrected chi connectivity index (χ1v) is 7.44. The van der Waals surface area contributed by atoms with E-state index in [9.17, 15) is 4.39 Å². The summed E-state index contributed by atoms with van der Waals surface area (Å²) in [4.78, 5) is 13.2. The zero-order chi connectivity index (χ0) is 15.3. The van der Waals surface area contributed by atoms with E-state index >= 15 is 0 Å². The Balaban J connectivity index is 1.95. The molecular formula is C14H14ClFN6. The molecule has 0 unspecified atom stereocenters.